The molecule has 0 atom stereocenters. The standard InChI is InChI=1S/C27H34O/c1-3-5-6-7-22-8-12-24(13-9-22)26-16-18-27(19-17-26)25-14-10-23(11-15-25)21-28-20-4-2/h3-4,10-11,14-19,22,24H,1-2,5-9,12-13,20-21H2/t22-,24-. The second-order valence-electron chi connectivity index (χ2n) is 8.06. The van der Waals surface area contributed by atoms with Gasteiger partial charge in [-0.25, -0.2) is 0 Å². The van der Waals surface area contributed by atoms with E-state index in [2.05, 4.69) is 67.8 Å². The van der Waals surface area contributed by atoms with Crippen LogP contribution in [0.15, 0.2) is 73.8 Å². The average Bonchev–Trinajstić information content (AvgIpc) is 2.75. The van der Waals surface area contributed by atoms with Gasteiger partial charge < -0.3 is 4.74 Å². The monoisotopic (exact) mass is 374 g/mol. The Morgan fingerprint density at radius 1 is 0.821 bits per heavy atom. The number of ether oxygens (including phenoxy) is 1. The molecule has 2 aromatic carbocycles. The van der Waals surface area contributed by atoms with E-state index < -0.39 is 0 Å². The van der Waals surface area contributed by atoms with E-state index in [4.69, 9.17) is 4.74 Å². The van der Waals surface area contributed by atoms with Crippen molar-refractivity contribution in [2.75, 3.05) is 6.61 Å². The summed E-state index contributed by atoms with van der Waals surface area (Å²) in [7, 11) is 0. The second kappa shape index (κ2) is 11.0. The summed E-state index contributed by atoms with van der Waals surface area (Å²) in [6, 6.07) is 18.0. The van der Waals surface area contributed by atoms with E-state index in [1.807, 2.05) is 0 Å². The molecule has 0 heterocycles. The molecular formula is C27H34O. The Morgan fingerprint density at radius 2 is 1.46 bits per heavy atom. The molecule has 0 radical (unpaired) electrons. The zero-order valence-corrected chi connectivity index (χ0v) is 17.1. The van der Waals surface area contributed by atoms with Gasteiger partial charge in [0.05, 0.1) is 13.2 Å². The molecule has 0 saturated heterocycles. The first-order valence-corrected chi connectivity index (χ1v) is 10.8. The first-order valence-electron chi connectivity index (χ1n) is 10.8. The Balaban J connectivity index is 1.52. The van der Waals surface area contributed by atoms with Crippen molar-refractivity contribution in [3.05, 3.63) is 85.0 Å². The highest BCUT2D eigenvalue weighted by Gasteiger charge is 2.21. The molecule has 0 spiro atoms. The third-order valence-electron chi connectivity index (χ3n) is 6.04. The highest BCUT2D eigenvalue weighted by Crippen LogP contribution is 2.38. The second-order valence-corrected chi connectivity index (χ2v) is 8.06. The minimum atomic E-state index is 0.597. The maximum absolute atomic E-state index is 5.51. The molecule has 0 N–H and O–H groups in total. The molecule has 0 unspecified atom stereocenters. The van der Waals surface area contributed by atoms with Gasteiger partial charge in [-0.2, -0.15) is 0 Å². The van der Waals surface area contributed by atoms with Crippen LogP contribution in [-0.4, -0.2) is 6.61 Å². The Bertz CT molecular complexity index is 718. The molecule has 1 saturated carbocycles. The van der Waals surface area contributed by atoms with Crippen LogP contribution in [0.2, 0.25) is 0 Å². The maximum atomic E-state index is 5.51. The SMILES string of the molecule is C=CCCC[C@H]1CC[C@H](c2ccc(-c3ccc(COCC=C)cc3)cc2)CC1. The lowest BCUT2D eigenvalue weighted by Gasteiger charge is -2.29. The molecule has 0 bridgehead atoms. The van der Waals surface area contributed by atoms with E-state index in [0.717, 1.165) is 11.8 Å². The molecule has 0 aromatic heterocycles. The molecule has 1 nitrogen and oxygen atoms in total. The number of rotatable bonds is 10. The van der Waals surface area contributed by atoms with Crippen LogP contribution >= 0.6 is 0 Å². The highest BCUT2D eigenvalue weighted by atomic mass is 16.5. The van der Waals surface area contributed by atoms with E-state index in [1.165, 1.54) is 67.2 Å². The molecule has 0 aliphatic heterocycles. The smallest absolute Gasteiger partial charge is 0.0721 e. The minimum Gasteiger partial charge on any atom is -0.373 e. The van der Waals surface area contributed by atoms with Crippen LogP contribution in [0.3, 0.4) is 0 Å². The van der Waals surface area contributed by atoms with Gasteiger partial charge in [-0.1, -0.05) is 67.1 Å². The fraction of sp³-hybridized carbons (Fsp3) is 0.407. The Morgan fingerprint density at radius 3 is 2.07 bits per heavy atom. The van der Waals surface area contributed by atoms with E-state index in [1.54, 1.807) is 6.08 Å². The van der Waals surface area contributed by atoms with Crippen LogP contribution in [0.4, 0.5) is 0 Å². The van der Waals surface area contributed by atoms with Crippen molar-refractivity contribution in [1.82, 2.24) is 0 Å². The topological polar surface area (TPSA) is 9.23 Å². The summed E-state index contributed by atoms with van der Waals surface area (Å²) in [5.41, 5.74) is 5.28. The normalized spacial score (nSPS) is 19.3. The maximum Gasteiger partial charge on any atom is 0.0721 e. The van der Waals surface area contributed by atoms with Crippen LogP contribution in [0.1, 0.15) is 62.0 Å². The Kier molecular flexibility index (Phi) is 8.11. The van der Waals surface area contributed by atoms with Crippen molar-refractivity contribution in [1.29, 1.82) is 0 Å². The van der Waals surface area contributed by atoms with Crippen LogP contribution < -0.4 is 0 Å². The molecular weight excluding hydrogens is 340 g/mol. The van der Waals surface area contributed by atoms with Crippen molar-refractivity contribution in [3.8, 4) is 11.1 Å². The summed E-state index contributed by atoms with van der Waals surface area (Å²) in [6.07, 6.45) is 13.2. The summed E-state index contributed by atoms with van der Waals surface area (Å²) >= 11 is 0. The molecule has 1 heteroatoms. The van der Waals surface area contributed by atoms with Crippen LogP contribution in [-0.2, 0) is 11.3 Å². The van der Waals surface area contributed by atoms with E-state index in [9.17, 15) is 0 Å². The summed E-state index contributed by atoms with van der Waals surface area (Å²) in [5.74, 6) is 1.68. The fourth-order valence-electron chi connectivity index (χ4n) is 4.34. The third-order valence-corrected chi connectivity index (χ3v) is 6.04. The van der Waals surface area contributed by atoms with Gasteiger partial charge in [0.25, 0.3) is 0 Å². The summed E-state index contributed by atoms with van der Waals surface area (Å²) in [6.45, 7) is 8.75. The zero-order valence-electron chi connectivity index (χ0n) is 17.1. The fourth-order valence-corrected chi connectivity index (χ4v) is 4.34. The predicted molar refractivity (Wildman–Crippen MR) is 120 cm³/mol. The van der Waals surface area contributed by atoms with E-state index in [-0.39, 0.29) is 0 Å². The molecule has 2 aromatic rings. The summed E-state index contributed by atoms with van der Waals surface area (Å²) < 4.78 is 5.51. The average molecular weight is 375 g/mol. The van der Waals surface area contributed by atoms with Crippen molar-refractivity contribution in [2.45, 2.75) is 57.5 Å². The molecule has 0 amide bonds. The van der Waals surface area contributed by atoms with Crippen molar-refractivity contribution < 1.29 is 4.74 Å². The van der Waals surface area contributed by atoms with Gasteiger partial charge in [-0.3, -0.25) is 0 Å². The van der Waals surface area contributed by atoms with Crippen LogP contribution in [0.5, 0.6) is 0 Å². The quantitative estimate of drug-likeness (QED) is 0.306. The van der Waals surface area contributed by atoms with Gasteiger partial charge in [0, 0.05) is 0 Å². The molecule has 3 rings (SSSR count). The molecule has 1 fully saturated rings. The zero-order chi connectivity index (χ0) is 19.6. The molecule has 1 aliphatic carbocycles. The van der Waals surface area contributed by atoms with Crippen LogP contribution in [0.25, 0.3) is 11.1 Å². The number of hydrogen-bond acceptors (Lipinski definition) is 1. The Labute approximate surface area is 171 Å². The molecule has 1 aliphatic rings. The Hall–Kier alpha value is -2.12. The van der Waals surface area contributed by atoms with Gasteiger partial charge in [0.15, 0.2) is 0 Å². The number of allylic oxidation sites excluding steroid dienone is 1. The molecule has 148 valence electrons. The first kappa shape index (κ1) is 20.6. The van der Waals surface area contributed by atoms with Gasteiger partial charge in [0.1, 0.15) is 0 Å². The van der Waals surface area contributed by atoms with Crippen LogP contribution in [0, 0.1) is 5.92 Å². The van der Waals surface area contributed by atoms with E-state index in [0.29, 0.717) is 13.2 Å². The number of unbranched alkanes of at least 4 members (excludes halogenated alkanes) is 1. The van der Waals surface area contributed by atoms with Gasteiger partial charge in [0.2, 0.25) is 0 Å². The summed E-state index contributed by atoms with van der Waals surface area (Å²) in [4.78, 5) is 0. The number of hydrogen-bond donors (Lipinski definition) is 0. The number of benzene rings is 2. The lowest BCUT2D eigenvalue weighted by Crippen LogP contribution is -2.13. The summed E-state index contributed by atoms with van der Waals surface area (Å²) in [5, 5.41) is 0. The van der Waals surface area contributed by atoms with Crippen molar-refractivity contribution in [3.63, 3.8) is 0 Å². The minimum absolute atomic E-state index is 0.597. The largest absolute Gasteiger partial charge is 0.373 e. The predicted octanol–water partition coefficient (Wildman–Crippen LogP) is 7.69. The van der Waals surface area contributed by atoms with Gasteiger partial charge in [-0.05, 0) is 72.6 Å². The van der Waals surface area contributed by atoms with Gasteiger partial charge in [-0.15, -0.1) is 13.2 Å². The molecule has 28 heavy (non-hydrogen) atoms. The third kappa shape index (κ3) is 5.94. The first-order chi connectivity index (χ1) is 13.8. The lowest BCUT2D eigenvalue weighted by molar-refractivity contribution is 0.149. The van der Waals surface area contributed by atoms with Crippen molar-refractivity contribution in [2.24, 2.45) is 5.92 Å². The van der Waals surface area contributed by atoms with Gasteiger partial charge >= 0.3 is 0 Å². The van der Waals surface area contributed by atoms with Crippen molar-refractivity contribution >= 4 is 0 Å². The van der Waals surface area contributed by atoms with E-state index >= 15 is 0 Å². The highest BCUT2D eigenvalue weighted by molar-refractivity contribution is 5.64. The lowest BCUT2D eigenvalue weighted by atomic mass is 9.77.